The summed E-state index contributed by atoms with van der Waals surface area (Å²) < 4.78 is 5.74. The van der Waals surface area contributed by atoms with E-state index in [2.05, 4.69) is 26.5 Å². The Balaban J connectivity index is 1.31. The Hall–Kier alpha value is -2.80. The predicted octanol–water partition coefficient (Wildman–Crippen LogP) is 3.35. The van der Waals surface area contributed by atoms with Crippen LogP contribution in [0.15, 0.2) is 36.5 Å². The lowest BCUT2D eigenvalue weighted by Crippen LogP contribution is -2.28. The molecule has 4 rings (SSSR count). The maximum absolute atomic E-state index is 12.6. The third kappa shape index (κ3) is 3.89. The minimum absolute atomic E-state index is 0.0256. The van der Waals surface area contributed by atoms with E-state index in [0.29, 0.717) is 35.9 Å². The first-order chi connectivity index (χ1) is 13.6. The van der Waals surface area contributed by atoms with Gasteiger partial charge in [-0.2, -0.15) is 10.2 Å². The van der Waals surface area contributed by atoms with E-state index >= 15 is 0 Å². The Labute approximate surface area is 168 Å². The first-order valence-corrected chi connectivity index (χ1v) is 9.70. The summed E-state index contributed by atoms with van der Waals surface area (Å²) in [6.07, 6.45) is 3.21. The lowest BCUT2D eigenvalue weighted by atomic mass is 10.0. The smallest absolute Gasteiger partial charge is 0.257 e. The van der Waals surface area contributed by atoms with Crippen molar-refractivity contribution in [2.45, 2.75) is 25.7 Å². The van der Waals surface area contributed by atoms with E-state index in [9.17, 15) is 4.79 Å². The fourth-order valence-electron chi connectivity index (χ4n) is 3.47. The Kier molecular flexibility index (Phi) is 5.34. The molecule has 3 heterocycles. The average Bonchev–Trinajstić information content (AvgIpc) is 3.43. The van der Waals surface area contributed by atoms with Crippen molar-refractivity contribution in [2.24, 2.45) is 0 Å². The summed E-state index contributed by atoms with van der Waals surface area (Å²) in [5.74, 6) is 0.951. The van der Waals surface area contributed by atoms with Gasteiger partial charge in [-0.3, -0.25) is 15.0 Å². The summed E-state index contributed by atoms with van der Waals surface area (Å²) in [6, 6.07) is 9.50. The molecule has 2 aromatic heterocycles. The van der Waals surface area contributed by atoms with Crippen LogP contribution in [0.5, 0.6) is 5.75 Å². The summed E-state index contributed by atoms with van der Waals surface area (Å²) in [7, 11) is 0. The summed E-state index contributed by atoms with van der Waals surface area (Å²) in [4.78, 5) is 14.5. The number of aromatic nitrogens is 4. The van der Waals surface area contributed by atoms with Gasteiger partial charge in [-0.25, -0.2) is 0 Å². The minimum atomic E-state index is 0.0256. The van der Waals surface area contributed by atoms with Crippen molar-refractivity contribution in [3.05, 3.63) is 64.2 Å². The summed E-state index contributed by atoms with van der Waals surface area (Å²) in [5.41, 5.74) is 3.44. The molecule has 7 nitrogen and oxygen atoms in total. The van der Waals surface area contributed by atoms with Crippen LogP contribution in [0.1, 0.15) is 39.8 Å². The van der Waals surface area contributed by atoms with Gasteiger partial charge >= 0.3 is 0 Å². The SMILES string of the molecule is Cc1[nH]ncc1C(=O)N1CC[C@H](c2cc(CCOc3ccccc3Cl)[nH]n2)C1. The number of para-hydroxylation sites is 1. The second-order valence-electron chi connectivity index (χ2n) is 6.99. The van der Waals surface area contributed by atoms with Gasteiger partial charge in [0.1, 0.15) is 5.75 Å². The lowest BCUT2D eigenvalue weighted by molar-refractivity contribution is 0.0790. The fraction of sp³-hybridized carbons (Fsp3) is 0.350. The first kappa shape index (κ1) is 18.6. The van der Waals surface area contributed by atoms with Crippen LogP contribution >= 0.6 is 11.6 Å². The van der Waals surface area contributed by atoms with Crippen molar-refractivity contribution in [3.8, 4) is 5.75 Å². The number of ether oxygens (including phenoxy) is 1. The molecule has 1 aliphatic heterocycles. The van der Waals surface area contributed by atoms with Crippen molar-refractivity contribution in [1.82, 2.24) is 25.3 Å². The molecule has 1 aliphatic rings. The van der Waals surface area contributed by atoms with Gasteiger partial charge in [-0.1, -0.05) is 23.7 Å². The normalized spacial score (nSPS) is 16.5. The van der Waals surface area contributed by atoms with Gasteiger partial charge in [-0.15, -0.1) is 0 Å². The maximum atomic E-state index is 12.6. The third-order valence-electron chi connectivity index (χ3n) is 5.07. The van der Waals surface area contributed by atoms with Gasteiger partial charge in [0.15, 0.2) is 0 Å². The minimum Gasteiger partial charge on any atom is -0.492 e. The quantitative estimate of drug-likeness (QED) is 0.665. The molecule has 0 spiro atoms. The van der Waals surface area contributed by atoms with Gasteiger partial charge in [0.2, 0.25) is 0 Å². The number of aryl methyl sites for hydroxylation is 1. The Morgan fingerprint density at radius 2 is 2.21 bits per heavy atom. The number of carbonyl (C=O) groups is 1. The maximum Gasteiger partial charge on any atom is 0.257 e. The Morgan fingerprint density at radius 3 is 3.00 bits per heavy atom. The number of nitrogens with one attached hydrogen (secondary N) is 2. The van der Waals surface area contributed by atoms with Crippen molar-refractivity contribution < 1.29 is 9.53 Å². The summed E-state index contributed by atoms with van der Waals surface area (Å²) in [5, 5.41) is 14.9. The van der Waals surface area contributed by atoms with Gasteiger partial charge in [0.25, 0.3) is 5.91 Å². The Morgan fingerprint density at radius 1 is 1.36 bits per heavy atom. The largest absolute Gasteiger partial charge is 0.492 e. The molecule has 0 bridgehead atoms. The molecule has 0 radical (unpaired) electrons. The molecule has 1 aromatic carbocycles. The molecular formula is C20H22ClN5O2. The van der Waals surface area contributed by atoms with E-state index in [0.717, 1.165) is 30.0 Å². The fourth-order valence-corrected chi connectivity index (χ4v) is 3.66. The molecular weight excluding hydrogens is 378 g/mol. The van der Waals surface area contributed by atoms with Crippen LogP contribution in [0, 0.1) is 6.92 Å². The number of hydrogen-bond donors (Lipinski definition) is 2. The molecule has 8 heteroatoms. The van der Waals surface area contributed by atoms with Crippen molar-refractivity contribution in [2.75, 3.05) is 19.7 Å². The number of rotatable bonds is 6. The standard InChI is InChI=1S/C20H22ClN5O2/c1-13-16(11-22-23-13)20(27)26-8-6-14(12-26)18-10-15(24-25-18)7-9-28-19-5-3-2-4-17(19)21/h2-5,10-11,14H,6-9,12H2,1H3,(H,22,23)(H,24,25)/t14-/m0/s1. The highest BCUT2D eigenvalue weighted by Gasteiger charge is 2.30. The molecule has 0 unspecified atom stereocenters. The van der Waals surface area contributed by atoms with Crippen LogP contribution in [0.4, 0.5) is 0 Å². The molecule has 28 heavy (non-hydrogen) atoms. The van der Waals surface area contributed by atoms with Crippen LogP contribution in [0.3, 0.4) is 0 Å². The molecule has 2 N–H and O–H groups in total. The topological polar surface area (TPSA) is 86.9 Å². The van der Waals surface area contributed by atoms with Crippen LogP contribution in [0.2, 0.25) is 5.02 Å². The van der Waals surface area contributed by atoms with Crippen molar-refractivity contribution in [1.29, 1.82) is 0 Å². The molecule has 1 atom stereocenters. The second kappa shape index (κ2) is 8.06. The highest BCUT2D eigenvalue weighted by molar-refractivity contribution is 6.32. The van der Waals surface area contributed by atoms with E-state index in [-0.39, 0.29) is 11.8 Å². The van der Waals surface area contributed by atoms with Crippen LogP contribution in [-0.2, 0) is 6.42 Å². The molecule has 0 saturated carbocycles. The zero-order valence-corrected chi connectivity index (χ0v) is 16.4. The van der Waals surface area contributed by atoms with E-state index in [1.807, 2.05) is 36.1 Å². The number of amides is 1. The average molecular weight is 400 g/mol. The number of benzene rings is 1. The third-order valence-corrected chi connectivity index (χ3v) is 5.38. The number of aromatic amines is 2. The molecule has 3 aromatic rings. The highest BCUT2D eigenvalue weighted by atomic mass is 35.5. The molecule has 0 aliphatic carbocycles. The van der Waals surface area contributed by atoms with Crippen LogP contribution in [0.25, 0.3) is 0 Å². The summed E-state index contributed by atoms with van der Waals surface area (Å²) in [6.45, 7) is 3.77. The summed E-state index contributed by atoms with van der Waals surface area (Å²) >= 11 is 6.10. The molecule has 1 fully saturated rings. The van der Waals surface area contributed by atoms with Gasteiger partial charge in [0, 0.05) is 36.8 Å². The highest BCUT2D eigenvalue weighted by Crippen LogP contribution is 2.28. The van der Waals surface area contributed by atoms with Crippen LogP contribution in [-0.4, -0.2) is 50.9 Å². The number of halogens is 1. The van der Waals surface area contributed by atoms with E-state index < -0.39 is 0 Å². The van der Waals surface area contributed by atoms with Crippen molar-refractivity contribution >= 4 is 17.5 Å². The zero-order chi connectivity index (χ0) is 19.5. The van der Waals surface area contributed by atoms with E-state index in [1.54, 1.807) is 6.20 Å². The van der Waals surface area contributed by atoms with E-state index in [4.69, 9.17) is 16.3 Å². The molecule has 1 saturated heterocycles. The first-order valence-electron chi connectivity index (χ1n) is 9.32. The number of H-pyrrole nitrogens is 2. The van der Waals surface area contributed by atoms with Gasteiger partial charge in [-0.05, 0) is 31.5 Å². The second-order valence-corrected chi connectivity index (χ2v) is 7.40. The van der Waals surface area contributed by atoms with Crippen LogP contribution < -0.4 is 4.74 Å². The number of nitrogens with zero attached hydrogens (tertiary/aromatic N) is 3. The number of likely N-dealkylation sites (tertiary alicyclic amines) is 1. The van der Waals surface area contributed by atoms with E-state index in [1.165, 1.54) is 0 Å². The van der Waals surface area contributed by atoms with Gasteiger partial charge < -0.3 is 9.64 Å². The van der Waals surface area contributed by atoms with Crippen molar-refractivity contribution in [3.63, 3.8) is 0 Å². The Bertz CT molecular complexity index is 967. The number of carbonyl (C=O) groups excluding carboxylic acids is 1. The lowest BCUT2D eigenvalue weighted by Gasteiger charge is -2.15. The zero-order valence-electron chi connectivity index (χ0n) is 15.6. The monoisotopic (exact) mass is 399 g/mol. The molecule has 1 amide bonds. The number of hydrogen-bond acceptors (Lipinski definition) is 4. The predicted molar refractivity (Wildman–Crippen MR) is 106 cm³/mol. The molecule has 146 valence electrons. The van der Waals surface area contributed by atoms with Gasteiger partial charge in [0.05, 0.1) is 29.1 Å².